The average molecular weight is 345 g/mol. The van der Waals surface area contributed by atoms with Gasteiger partial charge in [0.15, 0.2) is 0 Å². The predicted molar refractivity (Wildman–Crippen MR) is 99.0 cm³/mol. The normalized spacial score (nSPS) is 19.6. The Hall–Kier alpha value is -1.55. The Kier molecular flexibility index (Phi) is 6.35. The third-order valence-electron chi connectivity index (χ3n) is 5.10. The lowest BCUT2D eigenvalue weighted by Gasteiger charge is -2.32. The van der Waals surface area contributed by atoms with Crippen LogP contribution in [0.25, 0.3) is 0 Å². The van der Waals surface area contributed by atoms with Crippen LogP contribution in [0.3, 0.4) is 0 Å². The Morgan fingerprint density at radius 1 is 1.04 bits per heavy atom. The summed E-state index contributed by atoms with van der Waals surface area (Å²) in [5.41, 5.74) is 0.750. The van der Waals surface area contributed by atoms with Crippen LogP contribution in [0.2, 0.25) is 0 Å². The van der Waals surface area contributed by atoms with Gasteiger partial charge in [-0.3, -0.25) is 4.79 Å². The molecule has 0 aromatic heterocycles. The summed E-state index contributed by atoms with van der Waals surface area (Å²) < 4.78 is 11.9. The van der Waals surface area contributed by atoms with Crippen LogP contribution >= 0.6 is 0 Å². The van der Waals surface area contributed by atoms with Crippen molar-refractivity contribution in [3.05, 3.63) is 29.8 Å². The zero-order chi connectivity index (χ0) is 17.6. The molecule has 1 aromatic carbocycles. The number of likely N-dealkylation sites (tertiary alicyclic amines) is 1. The lowest BCUT2D eigenvalue weighted by molar-refractivity contribution is -0.00231. The van der Waals surface area contributed by atoms with Gasteiger partial charge in [-0.25, -0.2) is 0 Å². The Bertz CT molecular complexity index is 541. The summed E-state index contributed by atoms with van der Waals surface area (Å²) in [7, 11) is 0. The molecular formula is C21H31NO3. The molecule has 0 unspecified atom stereocenters. The molecule has 1 aliphatic carbocycles. The molecular weight excluding hydrogens is 314 g/mol. The fraction of sp³-hybridized carbons (Fsp3) is 0.667. The Labute approximate surface area is 151 Å². The van der Waals surface area contributed by atoms with E-state index in [0.717, 1.165) is 56.7 Å². The van der Waals surface area contributed by atoms with Gasteiger partial charge in [0.2, 0.25) is 0 Å². The number of benzene rings is 1. The lowest BCUT2D eigenvalue weighted by Crippen LogP contribution is -2.41. The van der Waals surface area contributed by atoms with Gasteiger partial charge in [-0.2, -0.15) is 0 Å². The van der Waals surface area contributed by atoms with Crippen LogP contribution in [0, 0.1) is 5.92 Å². The van der Waals surface area contributed by atoms with E-state index in [1.807, 2.05) is 29.2 Å². The van der Waals surface area contributed by atoms with Gasteiger partial charge < -0.3 is 14.4 Å². The van der Waals surface area contributed by atoms with Gasteiger partial charge >= 0.3 is 0 Å². The third kappa shape index (κ3) is 5.21. The molecule has 2 aliphatic rings. The van der Waals surface area contributed by atoms with Crippen molar-refractivity contribution in [3.63, 3.8) is 0 Å². The number of amides is 1. The van der Waals surface area contributed by atoms with E-state index in [1.165, 1.54) is 12.8 Å². The van der Waals surface area contributed by atoms with E-state index in [0.29, 0.717) is 18.1 Å². The second-order valence-corrected chi connectivity index (χ2v) is 7.77. The van der Waals surface area contributed by atoms with Gasteiger partial charge in [0.1, 0.15) is 5.75 Å². The van der Waals surface area contributed by atoms with Gasteiger partial charge in [0, 0.05) is 25.3 Å². The van der Waals surface area contributed by atoms with E-state index in [4.69, 9.17) is 9.47 Å². The predicted octanol–water partition coefficient (Wildman–Crippen LogP) is 4.29. The van der Waals surface area contributed by atoms with E-state index in [2.05, 4.69) is 13.8 Å². The van der Waals surface area contributed by atoms with Crippen molar-refractivity contribution in [3.8, 4) is 5.75 Å². The molecule has 0 spiro atoms. The summed E-state index contributed by atoms with van der Waals surface area (Å²) in [6.07, 6.45) is 7.34. The summed E-state index contributed by atoms with van der Waals surface area (Å²) >= 11 is 0. The van der Waals surface area contributed by atoms with E-state index < -0.39 is 0 Å². The van der Waals surface area contributed by atoms with Gasteiger partial charge in [0.25, 0.3) is 5.91 Å². The molecule has 0 radical (unpaired) electrons. The maximum absolute atomic E-state index is 12.7. The Balaban J connectivity index is 1.48. The Morgan fingerprint density at radius 2 is 1.68 bits per heavy atom. The first-order valence-corrected chi connectivity index (χ1v) is 9.79. The van der Waals surface area contributed by atoms with Crippen molar-refractivity contribution in [1.82, 2.24) is 4.90 Å². The van der Waals surface area contributed by atoms with Crippen molar-refractivity contribution < 1.29 is 14.3 Å². The standard InChI is InChI=1S/C21H31NO3/c1-16(2)15-24-18-11-13-22(14-12-18)21(23)17-7-9-20(10-8-17)25-19-5-3-4-6-19/h7-10,16,18-19H,3-6,11-15H2,1-2H3. The second-order valence-electron chi connectivity index (χ2n) is 7.77. The Morgan fingerprint density at radius 3 is 2.28 bits per heavy atom. The van der Waals surface area contributed by atoms with Crippen molar-refractivity contribution in [1.29, 1.82) is 0 Å². The molecule has 1 heterocycles. The largest absolute Gasteiger partial charge is 0.490 e. The number of piperidine rings is 1. The average Bonchev–Trinajstić information content (AvgIpc) is 3.13. The SMILES string of the molecule is CC(C)COC1CCN(C(=O)c2ccc(OC3CCCC3)cc2)CC1. The van der Waals surface area contributed by atoms with Crippen LogP contribution in [0.1, 0.15) is 62.7 Å². The number of nitrogens with zero attached hydrogens (tertiary/aromatic N) is 1. The fourth-order valence-corrected chi connectivity index (χ4v) is 3.61. The lowest BCUT2D eigenvalue weighted by atomic mass is 10.1. The molecule has 0 bridgehead atoms. The second kappa shape index (κ2) is 8.70. The molecule has 25 heavy (non-hydrogen) atoms. The first-order chi connectivity index (χ1) is 12.1. The number of hydrogen-bond acceptors (Lipinski definition) is 3. The van der Waals surface area contributed by atoms with Crippen LogP contribution in [-0.4, -0.2) is 42.7 Å². The molecule has 1 saturated heterocycles. The van der Waals surface area contributed by atoms with Crippen molar-refractivity contribution in [2.45, 2.75) is 64.6 Å². The van der Waals surface area contributed by atoms with Gasteiger partial charge in [-0.15, -0.1) is 0 Å². The van der Waals surface area contributed by atoms with E-state index in [1.54, 1.807) is 0 Å². The summed E-state index contributed by atoms with van der Waals surface area (Å²) in [4.78, 5) is 14.6. The first kappa shape index (κ1) is 18.2. The van der Waals surface area contributed by atoms with Crippen molar-refractivity contribution >= 4 is 5.91 Å². The minimum absolute atomic E-state index is 0.120. The highest BCUT2D eigenvalue weighted by atomic mass is 16.5. The van der Waals surface area contributed by atoms with Crippen LogP contribution in [0.15, 0.2) is 24.3 Å². The van der Waals surface area contributed by atoms with Gasteiger partial charge in [-0.1, -0.05) is 13.8 Å². The number of rotatable bonds is 6. The van der Waals surface area contributed by atoms with Crippen LogP contribution in [-0.2, 0) is 4.74 Å². The molecule has 1 aromatic rings. The van der Waals surface area contributed by atoms with Gasteiger partial charge in [-0.05, 0) is 68.7 Å². The highest BCUT2D eigenvalue weighted by Crippen LogP contribution is 2.25. The van der Waals surface area contributed by atoms with E-state index in [-0.39, 0.29) is 5.91 Å². The number of carbonyl (C=O) groups is 1. The van der Waals surface area contributed by atoms with Crippen LogP contribution in [0.5, 0.6) is 5.75 Å². The first-order valence-electron chi connectivity index (χ1n) is 9.79. The maximum Gasteiger partial charge on any atom is 0.253 e. The highest BCUT2D eigenvalue weighted by molar-refractivity contribution is 5.94. The summed E-state index contributed by atoms with van der Waals surface area (Å²) in [6, 6.07) is 7.66. The number of ether oxygens (including phenoxy) is 2. The van der Waals surface area contributed by atoms with Gasteiger partial charge in [0.05, 0.1) is 12.2 Å². The van der Waals surface area contributed by atoms with Crippen LogP contribution in [0.4, 0.5) is 0 Å². The smallest absolute Gasteiger partial charge is 0.253 e. The van der Waals surface area contributed by atoms with Crippen LogP contribution < -0.4 is 4.74 Å². The topological polar surface area (TPSA) is 38.8 Å². The molecule has 2 fully saturated rings. The maximum atomic E-state index is 12.7. The third-order valence-corrected chi connectivity index (χ3v) is 5.10. The molecule has 1 aliphatic heterocycles. The number of carbonyl (C=O) groups excluding carboxylic acids is 1. The minimum atomic E-state index is 0.120. The molecule has 1 amide bonds. The molecule has 3 rings (SSSR count). The summed E-state index contributed by atoms with van der Waals surface area (Å²) in [5, 5.41) is 0. The highest BCUT2D eigenvalue weighted by Gasteiger charge is 2.24. The molecule has 0 N–H and O–H groups in total. The summed E-state index contributed by atoms with van der Waals surface area (Å²) in [6.45, 7) is 6.70. The molecule has 138 valence electrons. The molecule has 1 saturated carbocycles. The quantitative estimate of drug-likeness (QED) is 0.772. The van der Waals surface area contributed by atoms with E-state index in [9.17, 15) is 4.79 Å². The monoisotopic (exact) mass is 345 g/mol. The van der Waals surface area contributed by atoms with E-state index >= 15 is 0 Å². The molecule has 4 heteroatoms. The summed E-state index contributed by atoms with van der Waals surface area (Å²) in [5.74, 6) is 1.56. The van der Waals surface area contributed by atoms with Crippen molar-refractivity contribution in [2.75, 3.05) is 19.7 Å². The molecule has 4 nitrogen and oxygen atoms in total. The fourth-order valence-electron chi connectivity index (χ4n) is 3.61. The molecule has 0 atom stereocenters. The van der Waals surface area contributed by atoms with Crippen molar-refractivity contribution in [2.24, 2.45) is 5.92 Å². The minimum Gasteiger partial charge on any atom is -0.490 e. The zero-order valence-electron chi connectivity index (χ0n) is 15.6. The zero-order valence-corrected chi connectivity index (χ0v) is 15.6. The number of hydrogen-bond donors (Lipinski definition) is 0.